The maximum Gasteiger partial charge on any atom is 0.410 e. The molecule has 0 aromatic heterocycles. The van der Waals surface area contributed by atoms with Crippen molar-refractivity contribution in [3.05, 3.63) is 0 Å². The zero-order chi connectivity index (χ0) is 19.8. The molecule has 0 radical (unpaired) electrons. The molecule has 0 spiro atoms. The molecule has 1 heterocycles. The maximum absolute atomic E-state index is 12.4. The number of nitrogens with zero attached hydrogens (tertiary/aromatic N) is 2. The van der Waals surface area contributed by atoms with E-state index in [0.29, 0.717) is 52.4 Å². The van der Waals surface area contributed by atoms with Gasteiger partial charge in [0.05, 0.1) is 0 Å². The smallest absolute Gasteiger partial charge is 0.410 e. The normalized spacial score (nSPS) is 18.5. The molecule has 0 aliphatic carbocycles. The number of hydrogen-bond donors (Lipinski definition) is 2. The molecule has 8 nitrogen and oxygen atoms in total. The fraction of sp³-hybridized carbons (Fsp3) is 0.889. The van der Waals surface area contributed by atoms with E-state index in [-0.39, 0.29) is 12.2 Å². The highest BCUT2D eigenvalue weighted by Crippen LogP contribution is 2.12. The molecule has 1 rings (SSSR count). The van der Waals surface area contributed by atoms with Gasteiger partial charge in [-0.25, -0.2) is 9.59 Å². The minimum absolute atomic E-state index is 0.326. The van der Waals surface area contributed by atoms with Crippen LogP contribution in [0.3, 0.4) is 0 Å². The average molecular weight is 373 g/mol. The fourth-order valence-corrected chi connectivity index (χ4v) is 2.39. The highest BCUT2D eigenvalue weighted by atomic mass is 16.6. The van der Waals surface area contributed by atoms with Gasteiger partial charge in [0.15, 0.2) is 0 Å². The Kier molecular flexibility index (Phi) is 8.62. The van der Waals surface area contributed by atoms with E-state index in [9.17, 15) is 9.59 Å². The second-order valence-corrected chi connectivity index (χ2v) is 8.47. The summed E-state index contributed by atoms with van der Waals surface area (Å²) in [6.45, 7) is 15.3. The van der Waals surface area contributed by atoms with Crippen LogP contribution in [0, 0.1) is 0 Å². The third kappa shape index (κ3) is 9.82. The summed E-state index contributed by atoms with van der Waals surface area (Å²) in [7, 11) is 0. The predicted molar refractivity (Wildman–Crippen MR) is 101 cm³/mol. The van der Waals surface area contributed by atoms with Crippen LogP contribution in [-0.2, 0) is 9.47 Å². The lowest BCUT2D eigenvalue weighted by Gasteiger charge is -2.30. The van der Waals surface area contributed by atoms with Crippen molar-refractivity contribution in [2.45, 2.75) is 59.2 Å². The molecule has 1 aliphatic heterocycles. The van der Waals surface area contributed by atoms with Gasteiger partial charge in [-0.2, -0.15) is 0 Å². The quantitative estimate of drug-likeness (QED) is 0.677. The lowest BCUT2D eigenvalue weighted by atomic mass is 10.2. The number of carbonyl (C=O) groups is 2. The van der Waals surface area contributed by atoms with Crippen LogP contribution in [0.1, 0.15) is 48.0 Å². The van der Waals surface area contributed by atoms with Gasteiger partial charge in [0, 0.05) is 45.9 Å². The molecule has 0 saturated carbocycles. The summed E-state index contributed by atoms with van der Waals surface area (Å²) in [5.74, 6) is 0. The third-order valence-corrected chi connectivity index (χ3v) is 3.53. The molecule has 26 heavy (non-hydrogen) atoms. The van der Waals surface area contributed by atoms with E-state index in [0.717, 1.165) is 0 Å². The summed E-state index contributed by atoms with van der Waals surface area (Å²) in [6, 6.07) is 0. The molecule has 0 aromatic rings. The molecule has 8 heteroatoms. The zero-order valence-corrected chi connectivity index (χ0v) is 17.2. The van der Waals surface area contributed by atoms with Gasteiger partial charge in [-0.15, -0.1) is 0 Å². The first-order valence-corrected chi connectivity index (χ1v) is 9.35. The van der Waals surface area contributed by atoms with Crippen LogP contribution >= 0.6 is 0 Å². The summed E-state index contributed by atoms with van der Waals surface area (Å²) >= 11 is 0. The predicted octanol–water partition coefficient (Wildman–Crippen LogP) is 2.00. The fourth-order valence-electron chi connectivity index (χ4n) is 2.39. The van der Waals surface area contributed by atoms with Crippen molar-refractivity contribution < 1.29 is 19.1 Å². The third-order valence-electron chi connectivity index (χ3n) is 3.53. The number of hydrogen-bond acceptors (Lipinski definition) is 6. The molecular weight excluding hydrogens is 336 g/mol. The Morgan fingerprint density at radius 2 is 1.12 bits per heavy atom. The number of nitrogens with one attached hydrogen (secondary N) is 2. The van der Waals surface area contributed by atoms with Crippen molar-refractivity contribution in [3.8, 4) is 0 Å². The number of carbonyl (C=O) groups excluding carboxylic acids is 2. The van der Waals surface area contributed by atoms with Crippen molar-refractivity contribution in [2.75, 3.05) is 45.9 Å². The van der Waals surface area contributed by atoms with E-state index < -0.39 is 11.2 Å². The highest BCUT2D eigenvalue weighted by molar-refractivity contribution is 5.68. The van der Waals surface area contributed by atoms with E-state index >= 15 is 0 Å². The molecule has 152 valence electrons. The Hall–Kier alpha value is -1.54. The minimum atomic E-state index is -0.529. The summed E-state index contributed by atoms with van der Waals surface area (Å²) in [4.78, 5) is 28.2. The Morgan fingerprint density at radius 1 is 0.731 bits per heavy atom. The van der Waals surface area contributed by atoms with Gasteiger partial charge in [-0.3, -0.25) is 0 Å². The van der Waals surface area contributed by atoms with E-state index in [1.165, 1.54) is 0 Å². The largest absolute Gasteiger partial charge is 0.444 e. The summed E-state index contributed by atoms with van der Waals surface area (Å²) in [5.41, 5.74) is -1.06. The molecule has 2 N–H and O–H groups in total. The second kappa shape index (κ2) is 9.97. The monoisotopic (exact) mass is 372 g/mol. The maximum atomic E-state index is 12.4. The van der Waals surface area contributed by atoms with Crippen LogP contribution in [0.2, 0.25) is 0 Å². The Balaban J connectivity index is 2.69. The Labute approximate surface area is 157 Å². The van der Waals surface area contributed by atoms with Gasteiger partial charge in [-0.1, -0.05) is 0 Å². The lowest BCUT2D eigenvalue weighted by molar-refractivity contribution is 0.0203. The topological polar surface area (TPSA) is 83.1 Å². The summed E-state index contributed by atoms with van der Waals surface area (Å²) in [5, 5.41) is 6.48. The van der Waals surface area contributed by atoms with E-state index in [2.05, 4.69) is 10.6 Å². The molecule has 1 aliphatic rings. The number of ether oxygens (including phenoxy) is 2. The van der Waals surface area contributed by atoms with Crippen LogP contribution < -0.4 is 10.6 Å². The van der Waals surface area contributed by atoms with Gasteiger partial charge in [0.25, 0.3) is 0 Å². The highest BCUT2D eigenvalue weighted by Gasteiger charge is 2.24. The van der Waals surface area contributed by atoms with Crippen LogP contribution in [-0.4, -0.2) is 79.1 Å². The van der Waals surface area contributed by atoms with Gasteiger partial charge >= 0.3 is 12.2 Å². The van der Waals surface area contributed by atoms with Crippen LogP contribution in [0.25, 0.3) is 0 Å². The van der Waals surface area contributed by atoms with Gasteiger partial charge in [0.1, 0.15) is 11.2 Å². The van der Waals surface area contributed by atoms with Crippen LogP contribution in [0.4, 0.5) is 9.59 Å². The molecular formula is C18H36N4O4. The number of amides is 2. The van der Waals surface area contributed by atoms with Crippen LogP contribution in [0.15, 0.2) is 0 Å². The molecule has 0 unspecified atom stereocenters. The minimum Gasteiger partial charge on any atom is -0.444 e. The van der Waals surface area contributed by atoms with E-state index in [4.69, 9.17) is 9.47 Å². The van der Waals surface area contributed by atoms with Crippen molar-refractivity contribution in [1.29, 1.82) is 0 Å². The lowest BCUT2D eigenvalue weighted by Crippen LogP contribution is -2.46. The zero-order valence-electron chi connectivity index (χ0n) is 17.2. The number of rotatable bonds is 0. The van der Waals surface area contributed by atoms with Crippen molar-refractivity contribution in [3.63, 3.8) is 0 Å². The average Bonchev–Trinajstić information content (AvgIpc) is 2.43. The molecule has 0 atom stereocenters. The first-order chi connectivity index (χ1) is 12.0. The molecule has 1 fully saturated rings. The molecule has 0 bridgehead atoms. The SMILES string of the molecule is CC(C)(C)OC(=O)N1CCCN(C(=O)OC(C)(C)C)CCNCNCC1. The first-order valence-electron chi connectivity index (χ1n) is 9.35. The molecule has 2 amide bonds. The van der Waals surface area contributed by atoms with Gasteiger partial charge in [0.2, 0.25) is 0 Å². The van der Waals surface area contributed by atoms with E-state index in [1.807, 2.05) is 41.5 Å². The van der Waals surface area contributed by atoms with Crippen molar-refractivity contribution in [1.82, 2.24) is 20.4 Å². The molecule has 1 saturated heterocycles. The molecule has 0 aromatic carbocycles. The van der Waals surface area contributed by atoms with Crippen molar-refractivity contribution in [2.24, 2.45) is 0 Å². The standard InChI is InChI=1S/C18H36N4O4/c1-17(2,3)25-15(23)21-10-7-11-22(16(24)26-18(4,5)6)13-9-20-14-19-8-12-21/h19-20H,7-14H2,1-6H3. The Morgan fingerprint density at radius 3 is 1.46 bits per heavy atom. The first kappa shape index (κ1) is 22.5. The summed E-state index contributed by atoms with van der Waals surface area (Å²) < 4.78 is 11.0. The van der Waals surface area contributed by atoms with E-state index in [1.54, 1.807) is 9.80 Å². The van der Waals surface area contributed by atoms with Gasteiger partial charge < -0.3 is 29.9 Å². The summed E-state index contributed by atoms with van der Waals surface area (Å²) in [6.07, 6.45) is 0.0136. The van der Waals surface area contributed by atoms with Crippen LogP contribution in [0.5, 0.6) is 0 Å². The van der Waals surface area contributed by atoms with Crippen molar-refractivity contribution >= 4 is 12.2 Å². The Bertz CT molecular complexity index is 417. The second-order valence-electron chi connectivity index (χ2n) is 8.47. The van der Waals surface area contributed by atoms with Gasteiger partial charge in [-0.05, 0) is 48.0 Å².